The van der Waals surface area contributed by atoms with E-state index >= 15 is 0 Å². The molecule has 4 rings (SSSR count). The Hall–Kier alpha value is -3.14. The number of hydrogen-bond donors (Lipinski definition) is 1. The van der Waals surface area contributed by atoms with Crippen molar-refractivity contribution in [1.82, 2.24) is 9.97 Å². The molecule has 3 nitrogen and oxygen atoms in total. The van der Waals surface area contributed by atoms with E-state index in [0.29, 0.717) is 0 Å². The summed E-state index contributed by atoms with van der Waals surface area (Å²) in [5, 5.41) is 1.20. The molecule has 2 aromatic carbocycles. The van der Waals surface area contributed by atoms with Gasteiger partial charge in [-0.1, -0.05) is 29.8 Å². The van der Waals surface area contributed by atoms with E-state index in [1.165, 1.54) is 34.2 Å². The Morgan fingerprint density at radius 3 is 2.52 bits per heavy atom. The molecule has 1 unspecified atom stereocenters. The van der Waals surface area contributed by atoms with Gasteiger partial charge in [0.1, 0.15) is 5.82 Å². The van der Waals surface area contributed by atoms with Crippen molar-refractivity contribution in [3.63, 3.8) is 0 Å². The normalized spacial score (nSPS) is 12.3. The Balaban J connectivity index is 1.84. The van der Waals surface area contributed by atoms with E-state index < -0.39 is 0 Å². The molecule has 0 bridgehead atoms. The number of benzene rings is 2. The Bertz CT molecular complexity index is 1140. The van der Waals surface area contributed by atoms with Crippen LogP contribution in [0.3, 0.4) is 0 Å². The first kappa shape index (κ1) is 19.2. The van der Waals surface area contributed by atoms with Gasteiger partial charge in [-0.15, -0.1) is 0 Å². The molecule has 0 radical (unpaired) electrons. The number of nitrogens with zero attached hydrogens (tertiary/aromatic N) is 2. The predicted octanol–water partition coefficient (Wildman–Crippen LogP) is 6.05. The fraction of sp³-hybridized carbons (Fsp3) is 0.240. The lowest BCUT2D eigenvalue weighted by Gasteiger charge is -2.30. The number of fused-ring (bicyclic) bond motifs is 1. The van der Waals surface area contributed by atoms with Crippen molar-refractivity contribution < 1.29 is 4.39 Å². The molecule has 4 aromatic rings. The molecule has 0 aliphatic rings. The third-order valence-electron chi connectivity index (χ3n) is 5.79. The van der Waals surface area contributed by atoms with Crippen molar-refractivity contribution in [2.24, 2.45) is 0 Å². The van der Waals surface area contributed by atoms with Gasteiger partial charge in [-0.2, -0.15) is 0 Å². The molecule has 2 aromatic heterocycles. The minimum Gasteiger partial charge on any atom is -0.366 e. The van der Waals surface area contributed by atoms with E-state index in [1.54, 1.807) is 0 Å². The maximum Gasteiger partial charge on any atom is 0.123 e. The third-order valence-corrected chi connectivity index (χ3v) is 5.79. The van der Waals surface area contributed by atoms with Crippen LogP contribution in [-0.4, -0.2) is 17.0 Å². The Labute approximate surface area is 171 Å². The second kappa shape index (κ2) is 7.70. The van der Waals surface area contributed by atoms with Gasteiger partial charge >= 0.3 is 0 Å². The monoisotopic (exact) mass is 387 g/mol. The second-order valence-electron chi connectivity index (χ2n) is 7.79. The maximum atomic E-state index is 13.5. The summed E-state index contributed by atoms with van der Waals surface area (Å²) in [5.74, 6) is -0.228. The number of halogens is 1. The van der Waals surface area contributed by atoms with Crippen LogP contribution in [0.15, 0.2) is 60.8 Å². The number of likely N-dealkylation sites (N-methyl/N-ethyl adjacent to an activating group) is 1. The SMILES string of the molecule is Cc1cccc(CC(c2nccc3c(C)c(C)[nH]c23)N(C)c2ccc(F)cc2)c1. The molecule has 1 atom stereocenters. The van der Waals surface area contributed by atoms with Crippen LogP contribution in [-0.2, 0) is 6.42 Å². The lowest BCUT2D eigenvalue weighted by atomic mass is 9.98. The predicted molar refractivity (Wildman–Crippen MR) is 118 cm³/mol. The Kier molecular flexibility index (Phi) is 5.10. The van der Waals surface area contributed by atoms with Crippen LogP contribution in [0.25, 0.3) is 10.9 Å². The standard InChI is InChI=1S/C25H26FN3/c1-16-6-5-7-19(14-16)15-23(29(4)21-10-8-20(26)9-11-21)25-24-22(12-13-27-25)17(2)18(3)28-24/h5-14,23,28H,15H2,1-4H3. The molecule has 0 amide bonds. The number of nitrogens with one attached hydrogen (secondary N) is 1. The number of hydrogen-bond acceptors (Lipinski definition) is 2. The molecule has 0 saturated carbocycles. The van der Waals surface area contributed by atoms with Crippen LogP contribution in [0.1, 0.15) is 34.1 Å². The number of pyridine rings is 1. The summed E-state index contributed by atoms with van der Waals surface area (Å²) in [4.78, 5) is 10.5. The van der Waals surface area contributed by atoms with Crippen LogP contribution in [0.5, 0.6) is 0 Å². The summed E-state index contributed by atoms with van der Waals surface area (Å²) in [7, 11) is 2.05. The number of aromatic nitrogens is 2. The molecule has 0 spiro atoms. The van der Waals surface area contributed by atoms with Gasteiger partial charge in [-0.25, -0.2) is 4.39 Å². The zero-order valence-corrected chi connectivity index (χ0v) is 17.3. The van der Waals surface area contributed by atoms with E-state index in [4.69, 9.17) is 4.98 Å². The number of anilines is 1. The largest absolute Gasteiger partial charge is 0.366 e. The van der Waals surface area contributed by atoms with Crippen molar-refractivity contribution in [1.29, 1.82) is 0 Å². The van der Waals surface area contributed by atoms with Crippen molar-refractivity contribution in [2.75, 3.05) is 11.9 Å². The van der Waals surface area contributed by atoms with Gasteiger partial charge in [0.25, 0.3) is 0 Å². The van der Waals surface area contributed by atoms with E-state index in [1.807, 2.05) is 18.3 Å². The van der Waals surface area contributed by atoms with Crippen molar-refractivity contribution >= 4 is 16.6 Å². The van der Waals surface area contributed by atoms with Gasteiger partial charge in [0, 0.05) is 30.0 Å². The summed E-state index contributed by atoms with van der Waals surface area (Å²) >= 11 is 0. The fourth-order valence-corrected chi connectivity index (χ4v) is 3.99. The molecule has 148 valence electrons. The van der Waals surface area contributed by atoms with Crippen LogP contribution in [0, 0.1) is 26.6 Å². The first-order chi connectivity index (χ1) is 13.9. The molecule has 1 N–H and O–H groups in total. The topological polar surface area (TPSA) is 31.9 Å². The molecule has 29 heavy (non-hydrogen) atoms. The third kappa shape index (κ3) is 3.75. The summed E-state index contributed by atoms with van der Waals surface area (Å²) in [6.07, 6.45) is 2.69. The highest BCUT2D eigenvalue weighted by Gasteiger charge is 2.23. The minimum atomic E-state index is -0.228. The van der Waals surface area contributed by atoms with E-state index in [-0.39, 0.29) is 11.9 Å². The van der Waals surface area contributed by atoms with Crippen LogP contribution < -0.4 is 4.90 Å². The van der Waals surface area contributed by atoms with Gasteiger partial charge in [0.15, 0.2) is 0 Å². The highest BCUT2D eigenvalue weighted by molar-refractivity contribution is 5.86. The van der Waals surface area contributed by atoms with E-state index in [9.17, 15) is 4.39 Å². The smallest absolute Gasteiger partial charge is 0.123 e. The summed E-state index contributed by atoms with van der Waals surface area (Å²) in [6.45, 7) is 6.34. The van der Waals surface area contributed by atoms with Gasteiger partial charge in [-0.05, 0) is 68.7 Å². The molecule has 0 aliphatic heterocycles. The second-order valence-corrected chi connectivity index (χ2v) is 7.79. The molecular weight excluding hydrogens is 361 g/mol. The first-order valence-corrected chi connectivity index (χ1v) is 9.92. The molecular formula is C25H26FN3. The average Bonchev–Trinajstić information content (AvgIpc) is 3.01. The highest BCUT2D eigenvalue weighted by Crippen LogP contribution is 2.33. The zero-order valence-electron chi connectivity index (χ0n) is 17.3. The van der Waals surface area contributed by atoms with Crippen molar-refractivity contribution in [3.05, 3.63) is 94.7 Å². The van der Waals surface area contributed by atoms with Crippen molar-refractivity contribution in [3.8, 4) is 0 Å². The van der Waals surface area contributed by atoms with Gasteiger partial charge in [0.05, 0.1) is 17.3 Å². The lowest BCUT2D eigenvalue weighted by Crippen LogP contribution is -2.27. The molecule has 0 aliphatic carbocycles. The number of H-pyrrole nitrogens is 1. The van der Waals surface area contributed by atoms with Crippen molar-refractivity contribution in [2.45, 2.75) is 33.2 Å². The minimum absolute atomic E-state index is 0.00316. The van der Waals surface area contributed by atoms with E-state index in [0.717, 1.165) is 29.0 Å². The first-order valence-electron chi connectivity index (χ1n) is 9.92. The summed E-state index contributed by atoms with van der Waals surface area (Å²) in [6, 6.07) is 17.3. The molecule has 0 saturated heterocycles. The number of aryl methyl sites for hydroxylation is 3. The average molecular weight is 388 g/mol. The number of rotatable bonds is 5. The lowest BCUT2D eigenvalue weighted by molar-refractivity contribution is 0.624. The zero-order chi connectivity index (χ0) is 20.5. The Morgan fingerprint density at radius 2 is 1.79 bits per heavy atom. The molecule has 4 heteroatoms. The van der Waals surface area contributed by atoms with Crippen LogP contribution >= 0.6 is 0 Å². The quantitative estimate of drug-likeness (QED) is 0.452. The van der Waals surface area contributed by atoms with Crippen LogP contribution in [0.2, 0.25) is 0 Å². The highest BCUT2D eigenvalue weighted by atomic mass is 19.1. The van der Waals surface area contributed by atoms with E-state index in [2.05, 4.69) is 68.0 Å². The summed E-state index contributed by atoms with van der Waals surface area (Å²) in [5.41, 5.74) is 7.95. The summed E-state index contributed by atoms with van der Waals surface area (Å²) < 4.78 is 13.5. The molecule has 0 fully saturated rings. The number of aromatic amines is 1. The maximum absolute atomic E-state index is 13.5. The van der Waals surface area contributed by atoms with Crippen LogP contribution in [0.4, 0.5) is 10.1 Å². The fourth-order valence-electron chi connectivity index (χ4n) is 3.99. The van der Waals surface area contributed by atoms with Gasteiger partial charge in [-0.3, -0.25) is 4.98 Å². The van der Waals surface area contributed by atoms with Gasteiger partial charge < -0.3 is 9.88 Å². The van der Waals surface area contributed by atoms with Gasteiger partial charge in [0.2, 0.25) is 0 Å². The molecule has 2 heterocycles. The Morgan fingerprint density at radius 1 is 1.03 bits per heavy atom.